The SMILES string of the molecule is CNC1CCN(c2ccc(C=O)c(C(=O)N(C)C3CCC(=O)NC3=O)c2)CC1. The highest BCUT2D eigenvalue weighted by Crippen LogP contribution is 2.24. The van der Waals surface area contributed by atoms with Crippen LogP contribution in [0, 0.1) is 0 Å². The lowest BCUT2D eigenvalue weighted by Gasteiger charge is -2.34. The van der Waals surface area contributed by atoms with E-state index in [-0.39, 0.29) is 29.9 Å². The molecule has 2 saturated heterocycles. The number of amides is 3. The highest BCUT2D eigenvalue weighted by Gasteiger charge is 2.33. The van der Waals surface area contributed by atoms with Crippen molar-refractivity contribution in [1.29, 1.82) is 0 Å². The second-order valence-electron chi connectivity index (χ2n) is 7.32. The summed E-state index contributed by atoms with van der Waals surface area (Å²) in [4.78, 5) is 51.5. The standard InChI is InChI=1S/C20H26N4O4/c1-21-14-7-9-24(10-8-14)15-4-3-13(12-25)16(11-15)20(28)23(2)17-5-6-18(26)22-19(17)27/h3-4,11-12,14,17,21H,5-10H2,1-2H3,(H,22,26,27). The van der Waals surface area contributed by atoms with Crippen LogP contribution in [0.25, 0.3) is 0 Å². The molecular formula is C20H26N4O4. The number of imide groups is 1. The Labute approximate surface area is 164 Å². The number of piperidine rings is 2. The third-order valence-corrected chi connectivity index (χ3v) is 5.66. The van der Waals surface area contributed by atoms with Crippen LogP contribution in [0.2, 0.25) is 0 Å². The molecule has 0 saturated carbocycles. The van der Waals surface area contributed by atoms with E-state index < -0.39 is 17.9 Å². The first kappa shape index (κ1) is 20.0. The fraction of sp³-hybridized carbons (Fsp3) is 0.500. The van der Waals surface area contributed by atoms with Crippen molar-refractivity contribution in [2.24, 2.45) is 0 Å². The van der Waals surface area contributed by atoms with Gasteiger partial charge in [-0.05, 0) is 44.5 Å². The van der Waals surface area contributed by atoms with Crippen LogP contribution >= 0.6 is 0 Å². The first-order chi connectivity index (χ1) is 13.4. The molecule has 2 aliphatic rings. The maximum Gasteiger partial charge on any atom is 0.255 e. The second kappa shape index (κ2) is 8.52. The number of carbonyl (C=O) groups is 4. The summed E-state index contributed by atoms with van der Waals surface area (Å²) in [5, 5.41) is 5.55. The molecule has 8 heteroatoms. The molecule has 0 radical (unpaired) electrons. The Morgan fingerprint density at radius 2 is 1.96 bits per heavy atom. The van der Waals surface area contributed by atoms with Gasteiger partial charge in [0, 0.05) is 43.9 Å². The summed E-state index contributed by atoms with van der Waals surface area (Å²) < 4.78 is 0. The summed E-state index contributed by atoms with van der Waals surface area (Å²) in [5.74, 6) is -1.21. The summed E-state index contributed by atoms with van der Waals surface area (Å²) in [6.07, 6.45) is 3.13. The van der Waals surface area contributed by atoms with E-state index in [0.717, 1.165) is 31.6 Å². The third-order valence-electron chi connectivity index (χ3n) is 5.66. The molecule has 3 rings (SSSR count). The molecule has 150 valence electrons. The first-order valence-electron chi connectivity index (χ1n) is 9.57. The van der Waals surface area contributed by atoms with E-state index in [1.54, 1.807) is 12.1 Å². The van der Waals surface area contributed by atoms with Gasteiger partial charge in [-0.2, -0.15) is 0 Å². The molecule has 0 aromatic heterocycles. The summed E-state index contributed by atoms with van der Waals surface area (Å²) in [5.41, 5.74) is 1.45. The molecule has 0 aliphatic carbocycles. The number of carbonyl (C=O) groups excluding carboxylic acids is 4. The molecule has 0 spiro atoms. The molecule has 1 atom stereocenters. The number of hydrogen-bond acceptors (Lipinski definition) is 6. The normalized spacial score (nSPS) is 20.6. The number of likely N-dealkylation sites (N-methyl/N-ethyl adjacent to an activating group) is 1. The molecule has 2 aliphatic heterocycles. The molecule has 1 aromatic carbocycles. The van der Waals surface area contributed by atoms with Gasteiger partial charge in [-0.1, -0.05) is 0 Å². The number of hydrogen-bond donors (Lipinski definition) is 2. The second-order valence-corrected chi connectivity index (χ2v) is 7.32. The first-order valence-corrected chi connectivity index (χ1v) is 9.57. The van der Waals surface area contributed by atoms with Gasteiger partial charge in [-0.15, -0.1) is 0 Å². The lowest BCUT2D eigenvalue weighted by Crippen LogP contribution is -2.53. The molecule has 1 aromatic rings. The van der Waals surface area contributed by atoms with Gasteiger partial charge in [0.25, 0.3) is 5.91 Å². The van der Waals surface area contributed by atoms with Crippen molar-refractivity contribution in [3.05, 3.63) is 29.3 Å². The molecule has 2 N–H and O–H groups in total. The molecule has 3 amide bonds. The Balaban J connectivity index is 1.81. The fourth-order valence-corrected chi connectivity index (χ4v) is 3.84. The Hall–Kier alpha value is -2.74. The summed E-state index contributed by atoms with van der Waals surface area (Å²) in [6.45, 7) is 1.73. The zero-order valence-electron chi connectivity index (χ0n) is 16.2. The van der Waals surface area contributed by atoms with Gasteiger partial charge in [0.2, 0.25) is 11.8 Å². The van der Waals surface area contributed by atoms with E-state index in [2.05, 4.69) is 15.5 Å². The fourth-order valence-electron chi connectivity index (χ4n) is 3.84. The van der Waals surface area contributed by atoms with Crippen LogP contribution in [0.5, 0.6) is 0 Å². The molecule has 2 heterocycles. The van der Waals surface area contributed by atoms with Crippen molar-refractivity contribution in [2.75, 3.05) is 32.1 Å². The zero-order valence-corrected chi connectivity index (χ0v) is 16.2. The average molecular weight is 386 g/mol. The monoisotopic (exact) mass is 386 g/mol. The number of rotatable bonds is 5. The minimum atomic E-state index is -0.722. The van der Waals surface area contributed by atoms with Crippen molar-refractivity contribution >= 4 is 29.7 Å². The average Bonchev–Trinajstić information content (AvgIpc) is 2.72. The highest BCUT2D eigenvalue weighted by molar-refractivity contribution is 6.06. The minimum absolute atomic E-state index is 0.189. The molecule has 2 fully saturated rings. The third kappa shape index (κ3) is 4.06. The van der Waals surface area contributed by atoms with Gasteiger partial charge >= 0.3 is 0 Å². The molecule has 8 nitrogen and oxygen atoms in total. The van der Waals surface area contributed by atoms with Gasteiger partial charge in [-0.3, -0.25) is 24.5 Å². The van der Waals surface area contributed by atoms with Crippen LogP contribution in [0.1, 0.15) is 46.4 Å². The van der Waals surface area contributed by atoms with Crippen molar-refractivity contribution in [3.63, 3.8) is 0 Å². The van der Waals surface area contributed by atoms with Gasteiger partial charge < -0.3 is 15.1 Å². The highest BCUT2D eigenvalue weighted by atomic mass is 16.2. The Morgan fingerprint density at radius 3 is 2.57 bits per heavy atom. The van der Waals surface area contributed by atoms with Crippen LogP contribution < -0.4 is 15.5 Å². The maximum absolute atomic E-state index is 13.1. The van der Waals surface area contributed by atoms with Crippen LogP contribution in [0.15, 0.2) is 18.2 Å². The maximum atomic E-state index is 13.1. The van der Waals surface area contributed by atoms with Gasteiger partial charge in [0.1, 0.15) is 6.04 Å². The summed E-state index contributed by atoms with van der Waals surface area (Å²) in [6, 6.07) is 5.00. The largest absolute Gasteiger partial charge is 0.371 e. The molecular weight excluding hydrogens is 360 g/mol. The zero-order chi connectivity index (χ0) is 20.3. The number of nitrogens with zero attached hydrogens (tertiary/aromatic N) is 2. The summed E-state index contributed by atoms with van der Waals surface area (Å²) >= 11 is 0. The van der Waals surface area contributed by atoms with Crippen molar-refractivity contribution in [1.82, 2.24) is 15.5 Å². The topological polar surface area (TPSA) is 98.8 Å². The van der Waals surface area contributed by atoms with E-state index in [1.807, 2.05) is 13.1 Å². The summed E-state index contributed by atoms with van der Waals surface area (Å²) in [7, 11) is 3.49. The Kier molecular flexibility index (Phi) is 6.08. The van der Waals surface area contributed by atoms with E-state index in [1.165, 1.54) is 11.9 Å². The van der Waals surface area contributed by atoms with Gasteiger partial charge in [0.15, 0.2) is 6.29 Å². The quantitative estimate of drug-likeness (QED) is 0.567. The smallest absolute Gasteiger partial charge is 0.255 e. The minimum Gasteiger partial charge on any atom is -0.371 e. The number of aldehydes is 1. The van der Waals surface area contributed by atoms with Gasteiger partial charge in [0.05, 0.1) is 5.56 Å². The van der Waals surface area contributed by atoms with Crippen molar-refractivity contribution in [3.8, 4) is 0 Å². The Morgan fingerprint density at radius 1 is 1.25 bits per heavy atom. The van der Waals surface area contributed by atoms with E-state index in [0.29, 0.717) is 12.3 Å². The molecule has 1 unspecified atom stereocenters. The van der Waals surface area contributed by atoms with Crippen LogP contribution in [-0.4, -0.2) is 68.2 Å². The molecule has 28 heavy (non-hydrogen) atoms. The lowest BCUT2D eigenvalue weighted by atomic mass is 10.00. The van der Waals surface area contributed by atoms with Crippen LogP contribution in [0.4, 0.5) is 5.69 Å². The van der Waals surface area contributed by atoms with E-state index >= 15 is 0 Å². The lowest BCUT2D eigenvalue weighted by molar-refractivity contribution is -0.136. The molecule has 0 bridgehead atoms. The number of nitrogens with one attached hydrogen (secondary N) is 2. The number of anilines is 1. The number of benzene rings is 1. The van der Waals surface area contributed by atoms with Crippen molar-refractivity contribution < 1.29 is 19.2 Å². The van der Waals surface area contributed by atoms with Crippen LogP contribution in [0.3, 0.4) is 0 Å². The van der Waals surface area contributed by atoms with E-state index in [9.17, 15) is 19.2 Å². The van der Waals surface area contributed by atoms with E-state index in [4.69, 9.17) is 0 Å². The van der Waals surface area contributed by atoms with Gasteiger partial charge in [-0.25, -0.2) is 0 Å². The predicted octanol–water partition coefficient (Wildman–Crippen LogP) is 0.565. The van der Waals surface area contributed by atoms with Crippen molar-refractivity contribution in [2.45, 2.75) is 37.8 Å². The van der Waals surface area contributed by atoms with Crippen LogP contribution in [-0.2, 0) is 9.59 Å². The predicted molar refractivity (Wildman–Crippen MR) is 104 cm³/mol. The Bertz CT molecular complexity index is 786.